The molecule has 1 saturated carbocycles. The Kier molecular flexibility index (Phi) is 5.12. The second-order valence-corrected chi connectivity index (χ2v) is 6.44. The van der Waals surface area contributed by atoms with Gasteiger partial charge < -0.3 is 10.1 Å². The van der Waals surface area contributed by atoms with Crippen LogP contribution in [0.2, 0.25) is 0 Å². The summed E-state index contributed by atoms with van der Waals surface area (Å²) in [5.41, 5.74) is 1.61. The molecule has 0 atom stereocenters. The van der Waals surface area contributed by atoms with E-state index in [-0.39, 0.29) is 22.7 Å². The molecular formula is C20H22N2O3. The van der Waals surface area contributed by atoms with Crippen LogP contribution in [-0.2, 0) is 10.2 Å². The predicted molar refractivity (Wildman–Crippen MR) is 94.5 cm³/mol. The van der Waals surface area contributed by atoms with Crippen molar-refractivity contribution >= 4 is 11.9 Å². The maximum absolute atomic E-state index is 12.5. The van der Waals surface area contributed by atoms with Crippen molar-refractivity contribution in [2.24, 2.45) is 0 Å². The van der Waals surface area contributed by atoms with Gasteiger partial charge in [0.1, 0.15) is 11.4 Å². The number of esters is 1. The molecule has 5 nitrogen and oxygen atoms in total. The number of hydrogen-bond donors (Lipinski definition) is 1. The SMILES string of the molecule is COC(=O)c1cccc(C(=O)NCC2(c3ccccc3)CCCC2)n1. The highest BCUT2D eigenvalue weighted by molar-refractivity contribution is 5.94. The van der Waals surface area contributed by atoms with Crippen LogP contribution in [0.5, 0.6) is 0 Å². The number of amides is 1. The summed E-state index contributed by atoms with van der Waals surface area (Å²) in [6.07, 6.45) is 4.46. The number of nitrogens with zero attached hydrogens (tertiary/aromatic N) is 1. The van der Waals surface area contributed by atoms with Crippen molar-refractivity contribution in [1.29, 1.82) is 0 Å². The van der Waals surface area contributed by atoms with E-state index in [0.29, 0.717) is 6.54 Å². The van der Waals surface area contributed by atoms with Gasteiger partial charge in [0.05, 0.1) is 7.11 Å². The van der Waals surface area contributed by atoms with E-state index in [1.165, 1.54) is 31.6 Å². The molecule has 5 heteroatoms. The van der Waals surface area contributed by atoms with Gasteiger partial charge in [0, 0.05) is 12.0 Å². The van der Waals surface area contributed by atoms with E-state index in [1.807, 2.05) is 18.2 Å². The maximum Gasteiger partial charge on any atom is 0.356 e. The number of benzene rings is 1. The van der Waals surface area contributed by atoms with Crippen molar-refractivity contribution in [3.05, 3.63) is 65.5 Å². The Hall–Kier alpha value is -2.69. The molecular weight excluding hydrogens is 316 g/mol. The minimum atomic E-state index is -0.550. The van der Waals surface area contributed by atoms with Crippen molar-refractivity contribution in [2.45, 2.75) is 31.1 Å². The maximum atomic E-state index is 12.5. The van der Waals surface area contributed by atoms with Gasteiger partial charge in [-0.25, -0.2) is 9.78 Å². The monoisotopic (exact) mass is 338 g/mol. The van der Waals surface area contributed by atoms with Gasteiger partial charge >= 0.3 is 5.97 Å². The highest BCUT2D eigenvalue weighted by Crippen LogP contribution is 2.40. The van der Waals surface area contributed by atoms with Gasteiger partial charge in [-0.3, -0.25) is 4.79 Å². The predicted octanol–water partition coefficient (Wildman–Crippen LogP) is 3.11. The van der Waals surface area contributed by atoms with E-state index >= 15 is 0 Å². The van der Waals surface area contributed by atoms with Crippen molar-refractivity contribution < 1.29 is 14.3 Å². The zero-order chi connectivity index (χ0) is 17.7. The number of carbonyl (C=O) groups is 2. The molecule has 1 aliphatic rings. The fraction of sp³-hybridized carbons (Fsp3) is 0.350. The van der Waals surface area contributed by atoms with Gasteiger partial charge in [-0.2, -0.15) is 0 Å². The normalized spacial score (nSPS) is 15.6. The lowest BCUT2D eigenvalue weighted by atomic mass is 9.79. The third kappa shape index (κ3) is 3.71. The molecule has 1 heterocycles. The first-order valence-corrected chi connectivity index (χ1v) is 8.54. The molecule has 1 fully saturated rings. The minimum absolute atomic E-state index is 0.0170. The lowest BCUT2D eigenvalue weighted by Gasteiger charge is -2.30. The summed E-state index contributed by atoms with van der Waals surface area (Å²) < 4.78 is 4.65. The second-order valence-electron chi connectivity index (χ2n) is 6.44. The minimum Gasteiger partial charge on any atom is -0.464 e. The molecule has 0 spiro atoms. The number of hydrogen-bond acceptors (Lipinski definition) is 4. The summed E-state index contributed by atoms with van der Waals surface area (Å²) in [6.45, 7) is 0.569. The number of methoxy groups -OCH3 is 1. The van der Waals surface area contributed by atoms with E-state index in [9.17, 15) is 9.59 Å². The zero-order valence-electron chi connectivity index (χ0n) is 14.3. The Balaban J connectivity index is 1.74. The topological polar surface area (TPSA) is 68.3 Å². The average molecular weight is 338 g/mol. The van der Waals surface area contributed by atoms with Gasteiger partial charge in [-0.05, 0) is 30.5 Å². The van der Waals surface area contributed by atoms with Crippen molar-refractivity contribution in [2.75, 3.05) is 13.7 Å². The first-order chi connectivity index (χ1) is 12.1. The molecule has 0 radical (unpaired) electrons. The molecule has 0 saturated heterocycles. The number of aromatic nitrogens is 1. The molecule has 1 amide bonds. The third-order valence-electron chi connectivity index (χ3n) is 4.91. The Morgan fingerprint density at radius 3 is 2.40 bits per heavy atom. The van der Waals surface area contributed by atoms with Crippen LogP contribution in [0, 0.1) is 0 Å². The molecule has 1 N–H and O–H groups in total. The van der Waals surface area contributed by atoms with Crippen molar-refractivity contribution in [3.8, 4) is 0 Å². The van der Waals surface area contributed by atoms with Gasteiger partial charge in [0.25, 0.3) is 5.91 Å². The van der Waals surface area contributed by atoms with Gasteiger partial charge in [0.2, 0.25) is 0 Å². The molecule has 130 valence electrons. The fourth-order valence-electron chi connectivity index (χ4n) is 3.53. The molecule has 1 aliphatic carbocycles. The summed E-state index contributed by atoms with van der Waals surface area (Å²) in [4.78, 5) is 28.2. The van der Waals surface area contributed by atoms with Crippen LogP contribution in [0.15, 0.2) is 48.5 Å². The first kappa shape index (κ1) is 17.1. The molecule has 0 bridgehead atoms. The summed E-state index contributed by atoms with van der Waals surface area (Å²) in [5.74, 6) is -0.820. The number of carbonyl (C=O) groups excluding carboxylic acids is 2. The molecule has 0 unspecified atom stereocenters. The van der Waals surface area contributed by atoms with Crippen LogP contribution in [0.1, 0.15) is 52.2 Å². The molecule has 1 aromatic carbocycles. The highest BCUT2D eigenvalue weighted by Gasteiger charge is 2.35. The third-order valence-corrected chi connectivity index (χ3v) is 4.91. The van der Waals surface area contributed by atoms with Crippen LogP contribution >= 0.6 is 0 Å². The molecule has 3 rings (SSSR count). The number of pyridine rings is 1. The van der Waals surface area contributed by atoms with Gasteiger partial charge in [0.15, 0.2) is 0 Å². The summed E-state index contributed by atoms with van der Waals surface area (Å²) in [6, 6.07) is 15.1. The Morgan fingerprint density at radius 1 is 1.04 bits per heavy atom. The standard InChI is InChI=1S/C20H22N2O3/c1-25-19(24)17-11-7-10-16(22-17)18(23)21-14-20(12-5-6-13-20)15-8-3-2-4-9-15/h2-4,7-11H,5-6,12-14H2,1H3,(H,21,23). The number of nitrogens with one attached hydrogen (secondary N) is 1. The van der Waals surface area contributed by atoms with E-state index in [1.54, 1.807) is 12.1 Å². The molecule has 0 aliphatic heterocycles. The summed E-state index contributed by atoms with van der Waals surface area (Å²) in [7, 11) is 1.29. The Bertz CT molecular complexity index is 753. The van der Waals surface area contributed by atoms with Gasteiger partial charge in [-0.1, -0.05) is 49.2 Å². The molecule has 1 aromatic heterocycles. The quantitative estimate of drug-likeness (QED) is 0.851. The van der Waals surface area contributed by atoms with Crippen LogP contribution in [0.3, 0.4) is 0 Å². The Morgan fingerprint density at radius 2 is 1.72 bits per heavy atom. The second kappa shape index (κ2) is 7.47. The first-order valence-electron chi connectivity index (χ1n) is 8.54. The smallest absolute Gasteiger partial charge is 0.356 e. The van der Waals surface area contributed by atoms with E-state index in [0.717, 1.165) is 12.8 Å². The largest absolute Gasteiger partial charge is 0.464 e. The van der Waals surface area contributed by atoms with Crippen LogP contribution in [-0.4, -0.2) is 30.5 Å². The lowest BCUT2D eigenvalue weighted by Crippen LogP contribution is -2.39. The van der Waals surface area contributed by atoms with E-state index in [2.05, 4.69) is 27.2 Å². The van der Waals surface area contributed by atoms with Gasteiger partial charge in [-0.15, -0.1) is 0 Å². The van der Waals surface area contributed by atoms with Crippen LogP contribution in [0.25, 0.3) is 0 Å². The fourth-order valence-corrected chi connectivity index (χ4v) is 3.53. The lowest BCUT2D eigenvalue weighted by molar-refractivity contribution is 0.0594. The average Bonchev–Trinajstić information content (AvgIpc) is 3.16. The Labute approximate surface area is 147 Å². The summed E-state index contributed by atoms with van der Waals surface area (Å²) in [5, 5.41) is 3.01. The zero-order valence-corrected chi connectivity index (χ0v) is 14.3. The molecule has 25 heavy (non-hydrogen) atoms. The number of rotatable bonds is 5. The van der Waals surface area contributed by atoms with Crippen LogP contribution in [0.4, 0.5) is 0 Å². The van der Waals surface area contributed by atoms with E-state index in [4.69, 9.17) is 0 Å². The summed E-state index contributed by atoms with van der Waals surface area (Å²) >= 11 is 0. The molecule has 2 aromatic rings. The highest BCUT2D eigenvalue weighted by atomic mass is 16.5. The number of ether oxygens (including phenoxy) is 1. The van der Waals surface area contributed by atoms with Crippen molar-refractivity contribution in [1.82, 2.24) is 10.3 Å². The van der Waals surface area contributed by atoms with Crippen molar-refractivity contribution in [3.63, 3.8) is 0 Å². The van der Waals surface area contributed by atoms with Crippen LogP contribution < -0.4 is 5.32 Å². The van der Waals surface area contributed by atoms with E-state index < -0.39 is 5.97 Å².